The summed E-state index contributed by atoms with van der Waals surface area (Å²) < 4.78 is 63.9. The highest BCUT2D eigenvalue weighted by molar-refractivity contribution is 7.51. The summed E-state index contributed by atoms with van der Waals surface area (Å²) in [6, 6.07) is 31.1. The first-order valence-electron chi connectivity index (χ1n) is 24.7. The van der Waals surface area contributed by atoms with E-state index in [0.717, 1.165) is 23.1 Å². The van der Waals surface area contributed by atoms with Gasteiger partial charge < -0.3 is 28.6 Å². The van der Waals surface area contributed by atoms with E-state index < -0.39 is 43.4 Å². The maximum atomic E-state index is 16.0. The average molecular weight is 1020 g/mol. The Morgan fingerprint density at radius 3 is 1.96 bits per heavy atom. The van der Waals surface area contributed by atoms with E-state index in [-0.39, 0.29) is 66.6 Å². The van der Waals surface area contributed by atoms with E-state index in [2.05, 4.69) is 20.3 Å². The molecule has 5 atom stereocenters. The predicted molar refractivity (Wildman–Crippen MR) is 276 cm³/mol. The maximum absolute atomic E-state index is 16.0. The lowest BCUT2D eigenvalue weighted by molar-refractivity contribution is -0.118. The fourth-order valence-corrected chi connectivity index (χ4v) is 12.1. The molecule has 1 unspecified atom stereocenters. The Morgan fingerprint density at radius 2 is 1.40 bits per heavy atom. The fraction of sp³-hybridized carbons (Fsp3) is 0.426. The molecule has 8 rings (SSSR count). The van der Waals surface area contributed by atoms with Crippen molar-refractivity contribution in [1.29, 1.82) is 0 Å². The molecule has 0 aliphatic carbocycles. The molecule has 19 heteroatoms. The summed E-state index contributed by atoms with van der Waals surface area (Å²) in [5, 5.41) is 2.69. The number of nitrogens with one attached hydrogen (secondary N) is 2. The van der Waals surface area contributed by atoms with Gasteiger partial charge in [0.15, 0.2) is 11.2 Å². The largest absolute Gasteiger partial charge is 0.497 e. The maximum Gasteiger partial charge on any atom is 0.409 e. The standard InChI is InChI=1S/C54H66N7O11P/c1-34(2)50(62)57-53-56-49-48(51(63)58-53)55-33-60(49)47-30-45(72-73(65,61(35(3)4)36(5)6)70-31-41-16-13-29-59(41)52(64)37-17-23-42(66-7)24-18-37)46(71-47)32-69-54(38-14-11-10-12-15-38,39-19-25-43(67-8)26-20-39)40-21-27-44(68-9)28-22-40/h10-12,14-15,17-28,33-36,41,45-47H,13,16,29-32H2,1-9H3,(H2,56,57,58,62,63)/t41-,45-,46+,47+,73?/m0/s1. The van der Waals surface area contributed by atoms with Crippen molar-refractivity contribution in [2.24, 2.45) is 5.92 Å². The number of rotatable bonds is 21. The molecule has 4 heterocycles. The van der Waals surface area contributed by atoms with Crippen molar-refractivity contribution in [3.05, 3.63) is 142 Å². The van der Waals surface area contributed by atoms with Crippen LogP contribution in [-0.2, 0) is 33.5 Å². The summed E-state index contributed by atoms with van der Waals surface area (Å²) in [6.07, 6.45) is 0.0851. The van der Waals surface area contributed by atoms with Crippen molar-refractivity contribution >= 4 is 36.7 Å². The first-order chi connectivity index (χ1) is 35.1. The van der Waals surface area contributed by atoms with Crippen molar-refractivity contribution in [1.82, 2.24) is 29.1 Å². The van der Waals surface area contributed by atoms with Gasteiger partial charge >= 0.3 is 7.75 Å². The van der Waals surface area contributed by atoms with Gasteiger partial charge in [0.05, 0.1) is 46.9 Å². The first kappa shape index (κ1) is 52.9. The zero-order valence-corrected chi connectivity index (χ0v) is 43.7. The van der Waals surface area contributed by atoms with Crippen LogP contribution < -0.4 is 25.1 Å². The topological polar surface area (TPSA) is 198 Å². The fourth-order valence-electron chi connectivity index (χ4n) is 9.71. The molecule has 0 bridgehead atoms. The zero-order chi connectivity index (χ0) is 52.0. The SMILES string of the molecule is COc1ccc(C(=O)N2CCC[C@H]2COP(=O)(O[C@H]2C[C@H](n3cnc4c(=O)[nH]c(NC(=O)C(C)C)nc43)O[C@@H]2COC(c2ccccc2)(c2ccc(OC)cc2)c2ccc(OC)cc2)N(C(C)C)C(C)C)cc1. The highest BCUT2D eigenvalue weighted by atomic mass is 31.2. The molecule has 388 valence electrons. The Balaban J connectivity index is 1.20. The van der Waals surface area contributed by atoms with Gasteiger partial charge in [-0.25, -0.2) is 14.2 Å². The van der Waals surface area contributed by atoms with Crippen molar-refractivity contribution in [3.63, 3.8) is 0 Å². The van der Waals surface area contributed by atoms with E-state index in [1.54, 1.807) is 73.6 Å². The van der Waals surface area contributed by atoms with Crippen LogP contribution in [0.25, 0.3) is 11.2 Å². The second kappa shape index (κ2) is 22.8. The molecule has 2 saturated heterocycles. The van der Waals surface area contributed by atoms with E-state index in [0.29, 0.717) is 35.8 Å². The third kappa shape index (κ3) is 11.2. The van der Waals surface area contributed by atoms with Crippen molar-refractivity contribution in [2.45, 2.75) is 103 Å². The average Bonchev–Trinajstić information content (AvgIpc) is 4.15. The summed E-state index contributed by atoms with van der Waals surface area (Å²) in [7, 11) is 0.497. The number of carbonyl (C=O) groups is 2. The number of anilines is 1. The molecular weight excluding hydrogens is 954 g/mol. The second-order valence-corrected chi connectivity index (χ2v) is 20.9. The summed E-state index contributed by atoms with van der Waals surface area (Å²) in [5.74, 6) is 1.01. The molecule has 0 radical (unpaired) electrons. The quantitative estimate of drug-likeness (QED) is 0.0512. The number of nitrogens with zero attached hydrogens (tertiary/aromatic N) is 5. The number of aromatic amines is 1. The van der Waals surface area contributed by atoms with Crippen molar-refractivity contribution < 1.29 is 46.9 Å². The molecule has 0 saturated carbocycles. The lowest BCUT2D eigenvalue weighted by Crippen LogP contribution is -2.42. The monoisotopic (exact) mass is 1020 g/mol. The van der Waals surface area contributed by atoms with Crippen LogP contribution in [0, 0.1) is 5.92 Å². The number of benzene rings is 4. The van der Waals surface area contributed by atoms with Crippen LogP contribution in [0.4, 0.5) is 5.95 Å². The number of aromatic nitrogens is 4. The molecule has 73 heavy (non-hydrogen) atoms. The third-order valence-corrected chi connectivity index (χ3v) is 15.8. The van der Waals surface area contributed by atoms with Gasteiger partial charge in [-0.15, -0.1) is 0 Å². The number of likely N-dealkylation sites (tertiary alicyclic amines) is 1. The minimum Gasteiger partial charge on any atom is -0.497 e. The van der Waals surface area contributed by atoms with E-state index >= 15 is 4.57 Å². The summed E-state index contributed by atoms with van der Waals surface area (Å²) in [5.41, 5.74) is 1.21. The first-order valence-corrected chi connectivity index (χ1v) is 26.2. The van der Waals surface area contributed by atoms with Crippen LogP contribution in [0.1, 0.15) is 94.1 Å². The smallest absolute Gasteiger partial charge is 0.409 e. The number of hydrogen-bond donors (Lipinski definition) is 2. The summed E-state index contributed by atoms with van der Waals surface area (Å²) in [6.45, 7) is 11.5. The van der Waals surface area contributed by atoms with Gasteiger partial charge in [-0.05, 0) is 106 Å². The minimum absolute atomic E-state index is 0.0236. The number of ether oxygens (including phenoxy) is 5. The van der Waals surface area contributed by atoms with Crippen LogP contribution >= 0.6 is 7.75 Å². The second-order valence-electron chi connectivity index (χ2n) is 19.1. The van der Waals surface area contributed by atoms with Gasteiger partial charge in [-0.3, -0.25) is 38.3 Å². The van der Waals surface area contributed by atoms with Crippen LogP contribution in [0.15, 0.2) is 114 Å². The van der Waals surface area contributed by atoms with Crippen molar-refractivity contribution in [3.8, 4) is 17.2 Å². The molecule has 2 amide bonds. The van der Waals surface area contributed by atoms with Crippen LogP contribution in [0.2, 0.25) is 0 Å². The molecule has 2 aliphatic heterocycles. The molecular formula is C54H66N7O11P. The van der Waals surface area contributed by atoms with Gasteiger partial charge in [-0.2, -0.15) is 4.98 Å². The molecule has 2 aliphatic rings. The van der Waals surface area contributed by atoms with E-state index in [1.807, 2.05) is 107 Å². The Labute approximate surface area is 425 Å². The van der Waals surface area contributed by atoms with Gasteiger partial charge in [0.2, 0.25) is 11.9 Å². The molecule has 2 fully saturated rings. The molecule has 2 aromatic heterocycles. The highest BCUT2D eigenvalue weighted by Crippen LogP contribution is 2.58. The summed E-state index contributed by atoms with van der Waals surface area (Å²) >= 11 is 0. The number of hydrogen-bond acceptors (Lipinski definition) is 13. The lowest BCUT2D eigenvalue weighted by Gasteiger charge is -2.39. The lowest BCUT2D eigenvalue weighted by atomic mass is 9.80. The Kier molecular flexibility index (Phi) is 16.5. The molecule has 2 N–H and O–H groups in total. The van der Waals surface area contributed by atoms with Crippen molar-refractivity contribution in [2.75, 3.05) is 46.4 Å². The summed E-state index contributed by atoms with van der Waals surface area (Å²) in [4.78, 5) is 53.6. The van der Waals surface area contributed by atoms with Gasteiger partial charge in [-0.1, -0.05) is 68.4 Å². The van der Waals surface area contributed by atoms with E-state index in [4.69, 9.17) is 32.7 Å². The van der Waals surface area contributed by atoms with Gasteiger partial charge in [0, 0.05) is 36.5 Å². The normalized spacial score (nSPS) is 19.0. The minimum atomic E-state index is -4.30. The Morgan fingerprint density at radius 1 is 0.822 bits per heavy atom. The number of fused-ring (bicyclic) bond motifs is 1. The third-order valence-electron chi connectivity index (χ3n) is 13.3. The van der Waals surface area contributed by atoms with Gasteiger partial charge in [0.1, 0.15) is 41.3 Å². The number of carbonyl (C=O) groups excluding carboxylic acids is 2. The predicted octanol–water partition coefficient (Wildman–Crippen LogP) is 8.97. The Bertz CT molecular complexity index is 2870. The highest BCUT2D eigenvalue weighted by Gasteiger charge is 2.49. The number of H-pyrrole nitrogens is 1. The number of amides is 2. The molecule has 6 aromatic rings. The van der Waals surface area contributed by atoms with Crippen LogP contribution in [-0.4, -0.2) is 112 Å². The van der Waals surface area contributed by atoms with Gasteiger partial charge in [0.25, 0.3) is 11.5 Å². The van der Waals surface area contributed by atoms with Crippen LogP contribution in [0.3, 0.4) is 0 Å². The molecule has 18 nitrogen and oxygen atoms in total. The van der Waals surface area contributed by atoms with Crippen LogP contribution in [0.5, 0.6) is 17.2 Å². The van der Waals surface area contributed by atoms with E-state index in [1.165, 1.54) is 6.33 Å². The number of imidazole rings is 1. The molecule has 4 aromatic carbocycles. The molecule has 0 spiro atoms. The number of methoxy groups -OCH3 is 3. The Hall–Kier alpha value is -6.40. The zero-order valence-electron chi connectivity index (χ0n) is 42.9. The van der Waals surface area contributed by atoms with E-state index in [9.17, 15) is 14.4 Å².